The number of methoxy groups -OCH3 is 2. The minimum Gasteiger partial charge on any atom is -0.497 e. The summed E-state index contributed by atoms with van der Waals surface area (Å²) in [5.41, 5.74) is 5.37. The first-order valence-corrected chi connectivity index (χ1v) is 24.8. The molecule has 5 atom stereocenters. The summed E-state index contributed by atoms with van der Waals surface area (Å²) < 4.78 is 18.6. The van der Waals surface area contributed by atoms with Crippen molar-refractivity contribution in [1.29, 1.82) is 0 Å². The highest BCUT2D eigenvalue weighted by molar-refractivity contribution is 6.91. The Morgan fingerprint density at radius 3 is 2.40 bits per heavy atom. The number of para-hydroxylation sites is 1. The highest BCUT2D eigenvalue weighted by Gasteiger charge is 2.66. The van der Waals surface area contributed by atoms with Crippen LogP contribution in [0.4, 0.5) is 11.4 Å². The molecule has 6 aromatic rings. The van der Waals surface area contributed by atoms with Crippen molar-refractivity contribution < 1.29 is 33.7 Å². The van der Waals surface area contributed by atoms with E-state index in [0.29, 0.717) is 35.7 Å². The van der Waals surface area contributed by atoms with Crippen LogP contribution in [-0.4, -0.2) is 73.8 Å². The number of carbonyl (C=O) groups excluding carboxylic acids is 3. The summed E-state index contributed by atoms with van der Waals surface area (Å²) in [5.74, 6) is 0.537. The van der Waals surface area contributed by atoms with Gasteiger partial charge in [0.1, 0.15) is 11.5 Å². The van der Waals surface area contributed by atoms with E-state index in [4.69, 9.17) is 14.2 Å². The molecule has 3 N–H and O–H groups in total. The molecule has 63 heavy (non-hydrogen) atoms. The molecule has 5 aromatic carbocycles. The Balaban J connectivity index is 1.05. The number of aliphatic hydroxyl groups is 1. The Morgan fingerprint density at radius 1 is 0.905 bits per heavy atom. The van der Waals surface area contributed by atoms with Crippen molar-refractivity contribution in [2.75, 3.05) is 31.0 Å². The first kappa shape index (κ1) is 42.1. The second-order valence-electron chi connectivity index (χ2n) is 17.8. The molecule has 3 amide bonds. The highest BCUT2D eigenvalue weighted by Crippen LogP contribution is 2.60. The third-order valence-corrected chi connectivity index (χ3v) is 18.2. The quantitative estimate of drug-likeness (QED) is 0.109. The summed E-state index contributed by atoms with van der Waals surface area (Å²) in [6.07, 6.45) is 2.08. The Labute approximate surface area is 369 Å². The number of hydrogen-bond donors (Lipinski definition) is 3. The fraction of sp³-hybridized carbons (Fsp3) is 0.314. The minimum atomic E-state index is -2.58. The van der Waals surface area contributed by atoms with Gasteiger partial charge < -0.3 is 39.4 Å². The van der Waals surface area contributed by atoms with Crippen LogP contribution in [-0.2, 0) is 50.7 Å². The number of nitrogens with one attached hydrogen (secondary N) is 2. The molecule has 3 aliphatic heterocycles. The first-order chi connectivity index (χ1) is 30.4. The van der Waals surface area contributed by atoms with Crippen LogP contribution in [0, 0.1) is 5.92 Å². The molecule has 3 aliphatic rings. The fourth-order valence-corrected chi connectivity index (χ4v) is 14.7. The Kier molecular flexibility index (Phi) is 11.2. The molecule has 1 fully saturated rings. The van der Waals surface area contributed by atoms with Gasteiger partial charge in [-0.1, -0.05) is 91.9 Å². The summed E-state index contributed by atoms with van der Waals surface area (Å²) in [6, 6.07) is 37.1. The summed E-state index contributed by atoms with van der Waals surface area (Å²) in [6.45, 7) is 7.16. The minimum absolute atomic E-state index is 0.0505. The molecule has 1 saturated heterocycles. The van der Waals surface area contributed by atoms with E-state index in [1.54, 1.807) is 24.0 Å². The van der Waals surface area contributed by atoms with Gasteiger partial charge in [0.25, 0.3) is 5.91 Å². The molecule has 12 heteroatoms. The number of aliphatic hydroxyl groups excluding tert-OH is 1. The summed E-state index contributed by atoms with van der Waals surface area (Å²) in [4.78, 5) is 50.4. The maximum Gasteiger partial charge on any atom is 0.264 e. The number of aromatic amines is 1. The Morgan fingerprint density at radius 2 is 1.63 bits per heavy atom. The lowest BCUT2D eigenvalue weighted by atomic mass is 9.82. The molecular formula is C51H54N4O7Si. The van der Waals surface area contributed by atoms with Crippen LogP contribution >= 0.6 is 0 Å². The Hall–Kier alpha value is -6.21. The number of benzene rings is 5. The van der Waals surface area contributed by atoms with E-state index in [2.05, 4.69) is 48.5 Å². The van der Waals surface area contributed by atoms with Crippen molar-refractivity contribution in [3.05, 3.63) is 149 Å². The third-order valence-electron chi connectivity index (χ3n) is 13.9. The molecule has 0 aliphatic carbocycles. The van der Waals surface area contributed by atoms with Crippen molar-refractivity contribution >= 4 is 53.3 Å². The van der Waals surface area contributed by atoms with Crippen LogP contribution in [0.15, 0.2) is 121 Å². The summed E-state index contributed by atoms with van der Waals surface area (Å²) in [5, 5.41) is 15.8. The number of nitrogens with zero attached hydrogens (tertiary/aromatic N) is 2. The third kappa shape index (κ3) is 7.49. The predicted molar refractivity (Wildman–Crippen MR) is 247 cm³/mol. The average molecular weight is 863 g/mol. The van der Waals surface area contributed by atoms with Crippen molar-refractivity contribution in [2.45, 2.75) is 75.7 Å². The molecule has 1 aromatic heterocycles. The predicted octanol–water partition coefficient (Wildman–Crippen LogP) is 7.47. The van der Waals surface area contributed by atoms with E-state index in [0.717, 1.165) is 44.1 Å². The molecular weight excluding hydrogens is 809 g/mol. The maximum absolute atomic E-state index is 15.6. The number of rotatable bonds is 12. The van der Waals surface area contributed by atoms with E-state index in [1.165, 1.54) is 0 Å². The van der Waals surface area contributed by atoms with Gasteiger partial charge in [-0.3, -0.25) is 14.4 Å². The van der Waals surface area contributed by atoms with Crippen LogP contribution in [0.1, 0.15) is 41.2 Å². The molecule has 1 spiro atoms. The second kappa shape index (κ2) is 16.8. The standard InChI is InChI=1S/C51H54N4O7Si/c1-32-49(63(4,5)41-20-17-39(60-2)18-21-41)46(27-48(58)54-30-35-13-7-6-12-34(35)24-38(54)31-56)62-51(32)43-26-40(61-3)19-22-45(43)55(50(51)59)29-33-11-10-14-37(23-33)53-47(57)25-36-28-52-44-16-9-8-15-42(36)44/h6-23,26,28,32,38,46,49,52,56H,24-25,27,29-31H2,1-5H3,(H,53,57)/t32-,38+,46+,49-,51+/m1/s1. The van der Waals surface area contributed by atoms with E-state index in [1.807, 2.05) is 103 Å². The van der Waals surface area contributed by atoms with Gasteiger partial charge in [0.05, 0.1) is 66.1 Å². The monoisotopic (exact) mass is 862 g/mol. The van der Waals surface area contributed by atoms with E-state index < -0.39 is 19.8 Å². The van der Waals surface area contributed by atoms with Gasteiger partial charge >= 0.3 is 0 Å². The van der Waals surface area contributed by atoms with Crippen LogP contribution in [0.2, 0.25) is 18.6 Å². The van der Waals surface area contributed by atoms with Crippen LogP contribution in [0.25, 0.3) is 10.9 Å². The molecule has 4 heterocycles. The number of amides is 3. The maximum atomic E-state index is 15.6. The number of anilines is 2. The van der Waals surface area contributed by atoms with Crippen molar-refractivity contribution in [2.24, 2.45) is 5.92 Å². The molecule has 0 bridgehead atoms. The van der Waals surface area contributed by atoms with Crippen molar-refractivity contribution in [1.82, 2.24) is 9.88 Å². The van der Waals surface area contributed by atoms with Gasteiger partial charge in [-0.2, -0.15) is 0 Å². The van der Waals surface area contributed by atoms with E-state index >= 15 is 4.79 Å². The number of aromatic nitrogens is 1. The smallest absolute Gasteiger partial charge is 0.264 e. The molecule has 324 valence electrons. The van der Waals surface area contributed by atoms with Crippen molar-refractivity contribution in [3.63, 3.8) is 0 Å². The lowest BCUT2D eigenvalue weighted by Gasteiger charge is -2.39. The fourth-order valence-electron chi connectivity index (χ4n) is 10.7. The molecule has 0 unspecified atom stereocenters. The number of ether oxygens (including phenoxy) is 3. The average Bonchev–Trinajstić information content (AvgIpc) is 3.91. The van der Waals surface area contributed by atoms with Gasteiger partial charge in [0.15, 0.2) is 5.60 Å². The van der Waals surface area contributed by atoms with Gasteiger partial charge in [0, 0.05) is 40.8 Å². The van der Waals surface area contributed by atoms with E-state index in [9.17, 15) is 14.7 Å². The number of hydrogen-bond acceptors (Lipinski definition) is 7. The van der Waals surface area contributed by atoms with E-state index in [-0.39, 0.29) is 61.2 Å². The van der Waals surface area contributed by atoms with Crippen LogP contribution in [0.3, 0.4) is 0 Å². The van der Waals surface area contributed by atoms with Gasteiger partial charge in [-0.15, -0.1) is 0 Å². The number of fused-ring (bicyclic) bond motifs is 4. The van der Waals surface area contributed by atoms with Crippen molar-refractivity contribution in [3.8, 4) is 11.5 Å². The molecule has 0 saturated carbocycles. The normalized spacial score (nSPS) is 21.7. The van der Waals surface area contributed by atoms with Gasteiger partial charge in [-0.25, -0.2) is 0 Å². The van der Waals surface area contributed by atoms with Crippen LogP contribution < -0.4 is 24.9 Å². The summed E-state index contributed by atoms with van der Waals surface area (Å²) in [7, 11) is 0.682. The first-order valence-electron chi connectivity index (χ1n) is 21.7. The molecule has 11 nitrogen and oxygen atoms in total. The molecule has 9 rings (SSSR count). The zero-order valence-corrected chi connectivity index (χ0v) is 37.4. The molecule has 0 radical (unpaired) electrons. The lowest BCUT2D eigenvalue weighted by Crippen LogP contribution is -2.52. The lowest BCUT2D eigenvalue weighted by molar-refractivity contribution is -0.151. The largest absolute Gasteiger partial charge is 0.497 e. The number of carbonyl (C=O) groups is 3. The van der Waals surface area contributed by atoms with Gasteiger partial charge in [-0.05, 0) is 82.7 Å². The second-order valence-corrected chi connectivity index (χ2v) is 22.4. The van der Waals surface area contributed by atoms with Crippen LogP contribution in [0.5, 0.6) is 11.5 Å². The number of H-pyrrole nitrogens is 1. The Bertz CT molecular complexity index is 2700. The zero-order chi connectivity index (χ0) is 44.0. The highest BCUT2D eigenvalue weighted by atomic mass is 28.3. The SMILES string of the molecule is COc1ccc([Si](C)(C)[C@H]2[C@H](CC(=O)N3Cc4ccccc4C[C@H]3CO)O[C@@]3(C(=O)N(Cc4cccc(NC(=O)Cc5c[nH]c6ccccc56)c4)c4ccc(OC)cc43)[C@@H]2C)cc1. The van der Waals surface area contributed by atoms with Gasteiger partial charge in [0.2, 0.25) is 11.8 Å². The summed E-state index contributed by atoms with van der Waals surface area (Å²) >= 11 is 0. The topological polar surface area (TPSA) is 133 Å². The zero-order valence-electron chi connectivity index (χ0n) is 36.4.